The quantitative estimate of drug-likeness (QED) is 0.338. The van der Waals surface area contributed by atoms with Gasteiger partial charge in [-0.3, -0.25) is 0 Å². The van der Waals surface area contributed by atoms with Gasteiger partial charge < -0.3 is 9.13 Å². The molecule has 0 fully saturated rings. The predicted octanol–water partition coefficient (Wildman–Crippen LogP) is 5.53. The minimum atomic E-state index is 1.04. The first-order valence-corrected chi connectivity index (χ1v) is 10.4. The van der Waals surface area contributed by atoms with Gasteiger partial charge >= 0.3 is 0 Å². The van der Waals surface area contributed by atoms with Gasteiger partial charge in [-0.2, -0.15) is 0 Å². The molecular formula is C23H21N5S. The zero-order valence-corrected chi connectivity index (χ0v) is 17.7. The summed E-state index contributed by atoms with van der Waals surface area (Å²) in [6.45, 7) is 4.05. The molecule has 6 rings (SSSR count). The molecular weight excluding hydrogens is 378 g/mol. The lowest BCUT2D eigenvalue weighted by Gasteiger charge is -1.99. The van der Waals surface area contributed by atoms with Crippen LogP contribution in [0.4, 0.5) is 0 Å². The van der Waals surface area contributed by atoms with Crippen molar-refractivity contribution in [3.63, 3.8) is 0 Å². The third-order valence-corrected chi connectivity index (χ3v) is 6.32. The molecule has 0 amide bonds. The number of hydrogen-bond donors (Lipinski definition) is 0. The van der Waals surface area contributed by atoms with Crippen molar-refractivity contribution < 1.29 is 0 Å². The molecule has 0 N–H and O–H groups in total. The first-order chi connectivity index (χ1) is 14.0. The van der Waals surface area contributed by atoms with Crippen molar-refractivity contribution in [2.75, 3.05) is 0 Å². The number of thiazole rings is 1. The summed E-state index contributed by atoms with van der Waals surface area (Å²) < 4.78 is 5.42. The molecule has 3 aromatic carbocycles. The first kappa shape index (κ1) is 17.8. The van der Waals surface area contributed by atoms with Crippen molar-refractivity contribution in [2.24, 2.45) is 14.1 Å². The van der Waals surface area contributed by atoms with E-state index < -0.39 is 0 Å². The predicted molar refractivity (Wildman–Crippen MR) is 122 cm³/mol. The Bertz CT molecular complexity index is 1500. The molecule has 5 nitrogen and oxygen atoms in total. The van der Waals surface area contributed by atoms with Crippen LogP contribution in [0.2, 0.25) is 0 Å². The summed E-state index contributed by atoms with van der Waals surface area (Å²) in [5.41, 5.74) is 7.42. The summed E-state index contributed by atoms with van der Waals surface area (Å²) in [5.74, 6) is 2.10. The molecule has 0 aliphatic heterocycles. The minimum absolute atomic E-state index is 1.04. The summed E-state index contributed by atoms with van der Waals surface area (Å²) in [6.07, 6.45) is 0. The molecule has 0 saturated carbocycles. The molecule has 3 aromatic heterocycles. The highest BCUT2D eigenvalue weighted by Gasteiger charge is 2.07. The van der Waals surface area contributed by atoms with E-state index in [9.17, 15) is 0 Å². The van der Waals surface area contributed by atoms with Gasteiger partial charge in [0.1, 0.15) is 11.6 Å². The maximum Gasteiger partial charge on any atom is 0.106 e. The third-order valence-electron chi connectivity index (χ3n) is 5.53. The maximum atomic E-state index is 4.53. The summed E-state index contributed by atoms with van der Waals surface area (Å²) >= 11 is 1.66. The van der Waals surface area contributed by atoms with Gasteiger partial charge in [-0.1, -0.05) is 24.3 Å². The van der Waals surface area contributed by atoms with Gasteiger partial charge in [0.25, 0.3) is 0 Å². The number of rotatable bonds is 0. The van der Waals surface area contributed by atoms with Crippen molar-refractivity contribution >= 4 is 54.4 Å². The zero-order valence-electron chi connectivity index (χ0n) is 16.8. The second-order valence-electron chi connectivity index (χ2n) is 7.29. The number of imidazole rings is 2. The molecule has 144 valence electrons. The smallest absolute Gasteiger partial charge is 0.106 e. The van der Waals surface area contributed by atoms with Crippen molar-refractivity contribution in [2.45, 2.75) is 13.8 Å². The van der Waals surface area contributed by atoms with E-state index in [0.29, 0.717) is 0 Å². The van der Waals surface area contributed by atoms with Gasteiger partial charge in [-0.05, 0) is 48.9 Å². The Kier molecular flexibility index (Phi) is 4.10. The molecule has 6 aromatic rings. The molecule has 3 heterocycles. The van der Waals surface area contributed by atoms with Crippen LogP contribution in [-0.4, -0.2) is 24.1 Å². The summed E-state index contributed by atoms with van der Waals surface area (Å²) in [4.78, 5) is 13.3. The lowest BCUT2D eigenvalue weighted by Crippen LogP contribution is -1.89. The number of benzene rings is 3. The van der Waals surface area contributed by atoms with E-state index in [-0.39, 0.29) is 0 Å². The molecule has 29 heavy (non-hydrogen) atoms. The molecule has 0 atom stereocenters. The van der Waals surface area contributed by atoms with Crippen molar-refractivity contribution in [1.29, 1.82) is 0 Å². The van der Waals surface area contributed by atoms with Crippen LogP contribution in [-0.2, 0) is 14.1 Å². The van der Waals surface area contributed by atoms with E-state index in [4.69, 9.17) is 0 Å². The fourth-order valence-electron chi connectivity index (χ4n) is 3.66. The Morgan fingerprint density at radius 1 is 0.724 bits per heavy atom. The monoisotopic (exact) mass is 399 g/mol. The zero-order chi connectivity index (χ0) is 20.1. The number of nitrogens with zero attached hydrogens (tertiary/aromatic N) is 5. The average Bonchev–Trinajstić information content (AvgIpc) is 3.37. The van der Waals surface area contributed by atoms with Crippen LogP contribution < -0.4 is 0 Å². The van der Waals surface area contributed by atoms with E-state index in [2.05, 4.69) is 79.7 Å². The summed E-state index contributed by atoms with van der Waals surface area (Å²) in [6, 6.07) is 16.9. The van der Waals surface area contributed by atoms with Crippen LogP contribution in [0.15, 0.2) is 54.0 Å². The van der Waals surface area contributed by atoms with Crippen molar-refractivity contribution in [3.8, 4) is 0 Å². The molecule has 0 spiro atoms. The Labute approximate surface area is 172 Å². The van der Waals surface area contributed by atoms with Crippen LogP contribution in [0.1, 0.15) is 11.6 Å². The second kappa shape index (κ2) is 6.67. The van der Waals surface area contributed by atoms with Crippen molar-refractivity contribution in [3.05, 3.63) is 65.7 Å². The SMILES string of the molecule is Cc1nc2cc3ccccc3cc2n1C.Cc1nc2cc3scnc3cc2n1C. The van der Waals surface area contributed by atoms with Crippen LogP contribution in [0.25, 0.3) is 43.1 Å². The highest BCUT2D eigenvalue weighted by atomic mass is 32.1. The molecule has 0 saturated heterocycles. The standard InChI is InChI=1S/C13H12N2.C10H9N3S/c1-9-14-12-7-10-5-3-4-6-11(10)8-13(12)15(9)2;1-6-12-7-4-10-8(11-5-14-10)3-9(7)13(6)2/h3-8H,1-2H3;3-5H,1-2H3. The highest BCUT2D eigenvalue weighted by molar-refractivity contribution is 7.16. The van der Waals surface area contributed by atoms with Gasteiger partial charge in [0.15, 0.2) is 0 Å². The molecule has 0 bridgehead atoms. The largest absolute Gasteiger partial charge is 0.331 e. The number of fused-ring (bicyclic) bond motifs is 4. The first-order valence-electron chi connectivity index (χ1n) is 9.49. The van der Waals surface area contributed by atoms with Crippen LogP contribution >= 0.6 is 11.3 Å². The van der Waals surface area contributed by atoms with Gasteiger partial charge in [0.05, 0.1) is 37.8 Å². The number of aromatic nitrogens is 5. The van der Waals surface area contributed by atoms with Crippen LogP contribution in [0.3, 0.4) is 0 Å². The van der Waals surface area contributed by atoms with Gasteiger partial charge in [-0.25, -0.2) is 15.0 Å². The molecule has 0 radical (unpaired) electrons. The van der Waals surface area contributed by atoms with E-state index >= 15 is 0 Å². The average molecular weight is 400 g/mol. The maximum absolute atomic E-state index is 4.53. The van der Waals surface area contributed by atoms with Crippen molar-refractivity contribution in [1.82, 2.24) is 24.1 Å². The van der Waals surface area contributed by atoms with Crippen LogP contribution in [0.5, 0.6) is 0 Å². The van der Waals surface area contributed by atoms with E-state index in [0.717, 1.165) is 33.7 Å². The highest BCUT2D eigenvalue weighted by Crippen LogP contribution is 2.25. The topological polar surface area (TPSA) is 48.5 Å². The Morgan fingerprint density at radius 3 is 2.00 bits per heavy atom. The van der Waals surface area contributed by atoms with E-state index in [1.165, 1.54) is 21.0 Å². The minimum Gasteiger partial charge on any atom is -0.331 e. The summed E-state index contributed by atoms with van der Waals surface area (Å²) in [5, 5.41) is 2.52. The fraction of sp³-hybridized carbons (Fsp3) is 0.174. The Hall–Kier alpha value is -3.25. The van der Waals surface area contributed by atoms with E-state index in [1.54, 1.807) is 11.3 Å². The van der Waals surface area contributed by atoms with Gasteiger partial charge in [-0.15, -0.1) is 11.3 Å². The Balaban J connectivity index is 0.000000125. The summed E-state index contributed by atoms with van der Waals surface area (Å²) in [7, 11) is 4.09. The Morgan fingerprint density at radius 2 is 1.31 bits per heavy atom. The second-order valence-corrected chi connectivity index (χ2v) is 8.17. The van der Waals surface area contributed by atoms with Gasteiger partial charge in [0.2, 0.25) is 0 Å². The number of aryl methyl sites for hydroxylation is 4. The third kappa shape index (κ3) is 2.96. The number of hydrogen-bond acceptors (Lipinski definition) is 4. The molecule has 0 unspecified atom stereocenters. The normalized spacial score (nSPS) is 11.4. The molecule has 0 aliphatic rings. The molecule has 0 aliphatic carbocycles. The van der Waals surface area contributed by atoms with Crippen LogP contribution in [0, 0.1) is 13.8 Å². The molecule has 6 heteroatoms. The lowest BCUT2D eigenvalue weighted by atomic mass is 10.1. The van der Waals surface area contributed by atoms with Gasteiger partial charge in [0, 0.05) is 14.1 Å². The van der Waals surface area contributed by atoms with E-state index in [1.807, 2.05) is 26.4 Å². The fourth-order valence-corrected chi connectivity index (χ4v) is 4.35. The lowest BCUT2D eigenvalue weighted by molar-refractivity contribution is 0.886.